The Hall–Kier alpha value is -1.15. The van der Waals surface area contributed by atoms with Crippen LogP contribution in [0.1, 0.15) is 38.5 Å². The van der Waals surface area contributed by atoms with Crippen LogP contribution in [0.5, 0.6) is 0 Å². The first-order valence-corrected chi connectivity index (χ1v) is 10.2. The Kier molecular flexibility index (Phi) is 6.41. The molecular weight excluding hydrogens is 318 g/mol. The smallest absolute Gasteiger partial charge is 0.321 e. The van der Waals surface area contributed by atoms with Gasteiger partial charge < -0.3 is 5.32 Å². The number of amides is 3. The second kappa shape index (κ2) is 8.10. The number of hydrogen-bond donors (Lipinski definition) is 2. The fraction of sp³-hybridized carbons (Fsp3) is 0.867. The van der Waals surface area contributed by atoms with Crippen molar-refractivity contribution in [3.05, 3.63) is 0 Å². The predicted molar refractivity (Wildman–Crippen MR) is 87.8 cm³/mol. The number of urea groups is 1. The van der Waals surface area contributed by atoms with Crippen LogP contribution in [-0.4, -0.2) is 62.9 Å². The standard InChI is InChI=1S/C15H27N3O4S/c1-18(9-12-5-3-2-4-6-12)10-14(19)17-15(20)16-13-7-8-23(21,22)11-13/h12-13H,2-11H2,1H3,(H2,16,17,19,20)/t13-/m0/s1. The molecule has 1 heterocycles. The number of rotatable bonds is 5. The second-order valence-corrected chi connectivity index (χ2v) is 9.05. The van der Waals surface area contributed by atoms with E-state index in [9.17, 15) is 18.0 Å². The number of imide groups is 1. The lowest BCUT2D eigenvalue weighted by atomic mass is 9.89. The Morgan fingerprint density at radius 1 is 1.13 bits per heavy atom. The van der Waals surface area contributed by atoms with Crippen LogP contribution in [0.25, 0.3) is 0 Å². The van der Waals surface area contributed by atoms with Crippen molar-refractivity contribution in [2.75, 3.05) is 31.6 Å². The molecule has 2 fully saturated rings. The molecule has 7 nitrogen and oxygen atoms in total. The van der Waals surface area contributed by atoms with Gasteiger partial charge in [0.25, 0.3) is 0 Å². The summed E-state index contributed by atoms with van der Waals surface area (Å²) in [6, 6.07) is -1.00. The van der Waals surface area contributed by atoms with Gasteiger partial charge in [-0.2, -0.15) is 0 Å². The molecule has 0 aromatic carbocycles. The molecule has 0 unspecified atom stereocenters. The van der Waals surface area contributed by atoms with E-state index in [1.165, 1.54) is 32.1 Å². The van der Waals surface area contributed by atoms with Crippen molar-refractivity contribution in [1.29, 1.82) is 0 Å². The zero-order valence-electron chi connectivity index (χ0n) is 13.7. The summed E-state index contributed by atoms with van der Waals surface area (Å²) in [5.74, 6) is 0.326. The van der Waals surface area contributed by atoms with Gasteiger partial charge in [-0.1, -0.05) is 19.3 Å². The van der Waals surface area contributed by atoms with Crippen LogP contribution in [0.2, 0.25) is 0 Å². The van der Waals surface area contributed by atoms with Gasteiger partial charge in [-0.05, 0) is 32.2 Å². The second-order valence-electron chi connectivity index (χ2n) is 6.82. The first-order valence-electron chi connectivity index (χ1n) is 8.33. The molecular formula is C15H27N3O4S. The topological polar surface area (TPSA) is 95.6 Å². The Bertz CT molecular complexity index is 529. The van der Waals surface area contributed by atoms with E-state index in [2.05, 4.69) is 10.6 Å². The van der Waals surface area contributed by atoms with E-state index >= 15 is 0 Å². The molecule has 132 valence electrons. The fourth-order valence-corrected chi connectivity index (χ4v) is 5.09. The highest BCUT2D eigenvalue weighted by molar-refractivity contribution is 7.91. The molecule has 8 heteroatoms. The highest BCUT2D eigenvalue weighted by Gasteiger charge is 2.29. The van der Waals surface area contributed by atoms with E-state index in [-0.39, 0.29) is 24.0 Å². The molecule has 1 saturated heterocycles. The van der Waals surface area contributed by atoms with Gasteiger partial charge in [-0.3, -0.25) is 15.0 Å². The average molecular weight is 345 g/mol. The van der Waals surface area contributed by atoms with Gasteiger partial charge in [-0.25, -0.2) is 13.2 Å². The largest absolute Gasteiger partial charge is 0.334 e. The monoisotopic (exact) mass is 345 g/mol. The highest BCUT2D eigenvalue weighted by atomic mass is 32.2. The number of likely N-dealkylation sites (N-methyl/N-ethyl adjacent to an activating group) is 1. The molecule has 0 spiro atoms. The third kappa shape index (κ3) is 6.47. The van der Waals surface area contributed by atoms with Crippen molar-refractivity contribution >= 4 is 21.8 Å². The van der Waals surface area contributed by atoms with E-state index in [0.717, 1.165) is 6.54 Å². The summed E-state index contributed by atoms with van der Waals surface area (Å²) in [4.78, 5) is 25.6. The van der Waals surface area contributed by atoms with E-state index in [4.69, 9.17) is 0 Å². The molecule has 0 bridgehead atoms. The average Bonchev–Trinajstić information content (AvgIpc) is 2.78. The number of hydrogen-bond acceptors (Lipinski definition) is 5. The number of nitrogens with zero attached hydrogens (tertiary/aromatic N) is 1. The molecule has 23 heavy (non-hydrogen) atoms. The molecule has 2 N–H and O–H groups in total. The first kappa shape index (κ1) is 18.2. The zero-order chi connectivity index (χ0) is 16.9. The van der Waals surface area contributed by atoms with Gasteiger partial charge in [0.2, 0.25) is 5.91 Å². The summed E-state index contributed by atoms with van der Waals surface area (Å²) >= 11 is 0. The first-order chi connectivity index (χ1) is 10.8. The molecule has 0 aromatic rings. The van der Waals surface area contributed by atoms with Gasteiger partial charge in [0.05, 0.1) is 18.1 Å². The Labute approximate surface area is 138 Å². The number of carbonyl (C=O) groups is 2. The van der Waals surface area contributed by atoms with Crippen LogP contribution >= 0.6 is 0 Å². The van der Waals surface area contributed by atoms with Crippen molar-refractivity contribution in [3.8, 4) is 0 Å². The van der Waals surface area contributed by atoms with Crippen molar-refractivity contribution in [2.24, 2.45) is 5.92 Å². The lowest BCUT2D eigenvalue weighted by molar-refractivity contribution is -0.121. The minimum Gasteiger partial charge on any atom is -0.334 e. The molecule has 0 aromatic heterocycles. The lowest BCUT2D eigenvalue weighted by Crippen LogP contribution is -2.47. The van der Waals surface area contributed by atoms with Crippen molar-refractivity contribution in [3.63, 3.8) is 0 Å². The molecule has 1 saturated carbocycles. The van der Waals surface area contributed by atoms with Crippen LogP contribution in [0, 0.1) is 5.92 Å². The Morgan fingerprint density at radius 2 is 1.83 bits per heavy atom. The predicted octanol–water partition coefficient (Wildman–Crippen LogP) is 0.511. The lowest BCUT2D eigenvalue weighted by Gasteiger charge is -2.26. The maximum Gasteiger partial charge on any atom is 0.321 e. The summed E-state index contributed by atoms with van der Waals surface area (Å²) in [6.45, 7) is 1.04. The molecule has 2 rings (SSSR count). The maximum atomic E-state index is 11.9. The van der Waals surface area contributed by atoms with Gasteiger partial charge in [0, 0.05) is 12.6 Å². The quantitative estimate of drug-likeness (QED) is 0.757. The summed E-state index contributed by atoms with van der Waals surface area (Å²) in [7, 11) is -1.16. The molecule has 1 aliphatic carbocycles. The minimum atomic E-state index is -3.04. The van der Waals surface area contributed by atoms with Crippen LogP contribution < -0.4 is 10.6 Å². The molecule has 1 aliphatic heterocycles. The Balaban J connectivity index is 1.66. The zero-order valence-corrected chi connectivity index (χ0v) is 14.5. The van der Waals surface area contributed by atoms with Gasteiger partial charge in [0.15, 0.2) is 9.84 Å². The normalized spacial score (nSPS) is 24.5. The van der Waals surface area contributed by atoms with E-state index in [1.54, 1.807) is 0 Å². The van der Waals surface area contributed by atoms with Crippen molar-refractivity contribution < 1.29 is 18.0 Å². The summed E-state index contributed by atoms with van der Waals surface area (Å²) in [6.07, 6.45) is 6.66. The van der Waals surface area contributed by atoms with Crippen molar-refractivity contribution in [2.45, 2.75) is 44.6 Å². The van der Waals surface area contributed by atoms with Gasteiger partial charge in [-0.15, -0.1) is 0 Å². The fourth-order valence-electron chi connectivity index (χ4n) is 3.42. The number of nitrogens with one attached hydrogen (secondary N) is 2. The van der Waals surface area contributed by atoms with E-state index < -0.39 is 21.9 Å². The number of carbonyl (C=O) groups excluding carboxylic acids is 2. The summed E-state index contributed by atoms with van der Waals surface area (Å²) < 4.78 is 22.7. The summed E-state index contributed by atoms with van der Waals surface area (Å²) in [5, 5.41) is 4.83. The third-order valence-electron chi connectivity index (χ3n) is 4.53. The maximum absolute atomic E-state index is 11.9. The molecule has 0 radical (unpaired) electrons. The van der Waals surface area contributed by atoms with Crippen LogP contribution in [0.4, 0.5) is 4.79 Å². The molecule has 3 amide bonds. The highest BCUT2D eigenvalue weighted by Crippen LogP contribution is 2.23. The van der Waals surface area contributed by atoms with Crippen LogP contribution in [0.15, 0.2) is 0 Å². The van der Waals surface area contributed by atoms with E-state index in [0.29, 0.717) is 12.3 Å². The Morgan fingerprint density at radius 3 is 2.43 bits per heavy atom. The molecule has 1 atom stereocenters. The van der Waals surface area contributed by atoms with Crippen molar-refractivity contribution in [1.82, 2.24) is 15.5 Å². The van der Waals surface area contributed by atoms with E-state index in [1.807, 2.05) is 11.9 Å². The van der Waals surface area contributed by atoms with Gasteiger partial charge >= 0.3 is 6.03 Å². The van der Waals surface area contributed by atoms with Crippen LogP contribution in [-0.2, 0) is 14.6 Å². The van der Waals surface area contributed by atoms with Gasteiger partial charge in [0.1, 0.15) is 0 Å². The SMILES string of the molecule is CN(CC(=O)NC(=O)N[C@H]1CCS(=O)(=O)C1)CC1CCCCC1. The number of sulfone groups is 1. The minimum absolute atomic E-state index is 0.0454. The molecule has 2 aliphatic rings. The third-order valence-corrected chi connectivity index (χ3v) is 6.30. The summed E-state index contributed by atoms with van der Waals surface area (Å²) in [5.41, 5.74) is 0. The van der Waals surface area contributed by atoms with Crippen LogP contribution in [0.3, 0.4) is 0 Å².